The van der Waals surface area contributed by atoms with Crippen LogP contribution in [0.25, 0.3) is 0 Å². The minimum Gasteiger partial charge on any atom is -0.443 e. The van der Waals surface area contributed by atoms with E-state index in [9.17, 15) is 24.5 Å². The molecule has 1 aliphatic rings. The van der Waals surface area contributed by atoms with E-state index in [0.29, 0.717) is 23.1 Å². The van der Waals surface area contributed by atoms with Gasteiger partial charge >= 0.3 is 6.16 Å². The van der Waals surface area contributed by atoms with Gasteiger partial charge in [0.15, 0.2) is 0 Å². The molecule has 188 valence electrons. The second kappa shape index (κ2) is 10.7. The normalized spacial score (nSPS) is 24.8. The highest BCUT2D eigenvalue weighted by Gasteiger charge is 2.46. The van der Waals surface area contributed by atoms with Crippen LogP contribution in [0.4, 0.5) is 9.18 Å². The minimum atomic E-state index is -1.63. The Labute approximate surface area is 196 Å². The molecule has 1 aromatic heterocycles. The van der Waals surface area contributed by atoms with E-state index in [4.69, 9.17) is 14.2 Å². The van der Waals surface area contributed by atoms with Crippen molar-refractivity contribution in [2.24, 2.45) is 0 Å². The van der Waals surface area contributed by atoms with Gasteiger partial charge in [-0.2, -0.15) is 0 Å². The highest BCUT2D eigenvalue weighted by Crippen LogP contribution is 2.31. The summed E-state index contributed by atoms with van der Waals surface area (Å²) in [6, 6.07) is 4.92. The van der Waals surface area contributed by atoms with Gasteiger partial charge in [-0.25, -0.2) is 9.18 Å². The van der Waals surface area contributed by atoms with Crippen molar-refractivity contribution in [2.75, 3.05) is 13.7 Å². The second-order valence-corrected chi connectivity index (χ2v) is 8.57. The average molecular weight is 483 g/mol. The van der Waals surface area contributed by atoms with Crippen molar-refractivity contribution in [3.8, 4) is 5.88 Å². The van der Waals surface area contributed by atoms with E-state index in [-0.39, 0.29) is 17.7 Å². The molecule has 5 atom stereocenters. The van der Waals surface area contributed by atoms with Crippen LogP contribution < -0.4 is 4.74 Å². The summed E-state index contributed by atoms with van der Waals surface area (Å²) in [5.41, 5.74) is 2.66. The quantitative estimate of drug-likeness (QED) is 0.505. The number of hydrogen-bond donors (Lipinski definition) is 3. The van der Waals surface area contributed by atoms with Crippen LogP contribution in [0.3, 0.4) is 0 Å². The third kappa shape index (κ3) is 5.49. The van der Waals surface area contributed by atoms with Crippen LogP contribution in [0, 0.1) is 19.7 Å². The average Bonchev–Trinajstić information content (AvgIpc) is 3.10. The maximum Gasteiger partial charge on any atom is 0.508 e. The molecule has 2 heterocycles. The molecule has 0 bridgehead atoms. The molecular formula is C23H31FN2O8. The molecule has 0 radical (unpaired) electrons. The summed E-state index contributed by atoms with van der Waals surface area (Å²) in [6.45, 7) is 6.96. The van der Waals surface area contributed by atoms with E-state index >= 15 is 0 Å². The maximum absolute atomic E-state index is 14.1. The van der Waals surface area contributed by atoms with Gasteiger partial charge in [-0.3, -0.25) is 4.68 Å². The zero-order chi connectivity index (χ0) is 25.2. The largest absolute Gasteiger partial charge is 0.508 e. The standard InChI is InChI=1S/C23H31FN2O8/c1-11(2)26-13(4)15(8-14-7-6-12(3)16(24)9-14)21(25-26)34-22-20(29)19(28)18(27)17(33-22)10-32-23(30)31-5/h6-7,9,11,17-20,22,27-29H,8,10H2,1-5H3/t17-,18-,19+,20-,22+/m1/s1. The highest BCUT2D eigenvalue weighted by molar-refractivity contribution is 5.59. The summed E-state index contributed by atoms with van der Waals surface area (Å²) in [5, 5.41) is 35.5. The van der Waals surface area contributed by atoms with Crippen LogP contribution in [0.2, 0.25) is 0 Å². The SMILES string of the molecule is COC(=O)OC[C@H]1O[C@@H](Oc2nn(C(C)C)c(C)c2Cc2ccc(C)c(F)c2)[C@H](O)[C@@H](O)[C@@H]1O. The van der Waals surface area contributed by atoms with Gasteiger partial charge < -0.3 is 34.3 Å². The van der Waals surface area contributed by atoms with Crippen LogP contribution in [0.15, 0.2) is 18.2 Å². The summed E-state index contributed by atoms with van der Waals surface area (Å²) >= 11 is 0. The minimum absolute atomic E-state index is 0.0170. The maximum atomic E-state index is 14.1. The number of aliphatic hydroxyl groups excluding tert-OH is 3. The molecule has 1 fully saturated rings. The van der Waals surface area contributed by atoms with Crippen molar-refractivity contribution in [1.29, 1.82) is 0 Å². The summed E-state index contributed by atoms with van der Waals surface area (Å²) in [7, 11) is 1.12. The van der Waals surface area contributed by atoms with Gasteiger partial charge in [0.05, 0.1) is 7.11 Å². The molecule has 10 nitrogen and oxygen atoms in total. The zero-order valence-electron chi connectivity index (χ0n) is 19.8. The molecular weight excluding hydrogens is 451 g/mol. The number of hydrogen-bond acceptors (Lipinski definition) is 9. The lowest BCUT2D eigenvalue weighted by molar-refractivity contribution is -0.278. The van der Waals surface area contributed by atoms with Crippen LogP contribution in [-0.2, 0) is 20.6 Å². The van der Waals surface area contributed by atoms with E-state index in [1.807, 2.05) is 20.8 Å². The first-order valence-electron chi connectivity index (χ1n) is 10.9. The Morgan fingerprint density at radius 2 is 1.91 bits per heavy atom. The van der Waals surface area contributed by atoms with E-state index in [2.05, 4.69) is 9.84 Å². The molecule has 0 unspecified atom stereocenters. The Kier molecular flexibility index (Phi) is 8.13. The fourth-order valence-corrected chi connectivity index (χ4v) is 3.75. The number of rotatable bonds is 7. The Morgan fingerprint density at radius 3 is 2.53 bits per heavy atom. The predicted molar refractivity (Wildman–Crippen MR) is 117 cm³/mol. The number of carbonyl (C=O) groups is 1. The Balaban J connectivity index is 1.88. The molecule has 0 amide bonds. The van der Waals surface area contributed by atoms with Crippen LogP contribution in [0.1, 0.15) is 42.3 Å². The molecule has 3 rings (SSSR count). The molecule has 0 aliphatic carbocycles. The number of ether oxygens (including phenoxy) is 4. The van der Waals surface area contributed by atoms with Crippen LogP contribution >= 0.6 is 0 Å². The smallest absolute Gasteiger partial charge is 0.443 e. The van der Waals surface area contributed by atoms with E-state index < -0.39 is 43.5 Å². The predicted octanol–water partition coefficient (Wildman–Crippen LogP) is 1.78. The fraction of sp³-hybridized carbons (Fsp3) is 0.565. The lowest BCUT2D eigenvalue weighted by atomic mass is 9.99. The van der Waals surface area contributed by atoms with Crippen molar-refractivity contribution < 1.29 is 43.5 Å². The van der Waals surface area contributed by atoms with Crippen LogP contribution in [0.5, 0.6) is 5.88 Å². The Hall–Kier alpha value is -2.73. The lowest BCUT2D eigenvalue weighted by Gasteiger charge is -2.39. The van der Waals surface area contributed by atoms with Gasteiger partial charge in [-0.05, 0) is 44.9 Å². The number of nitrogens with zero attached hydrogens (tertiary/aromatic N) is 2. The Bertz CT molecular complexity index is 1010. The van der Waals surface area contributed by atoms with Gasteiger partial charge in [0, 0.05) is 23.7 Å². The molecule has 1 aromatic carbocycles. The number of aryl methyl sites for hydroxylation is 1. The molecule has 1 saturated heterocycles. The topological polar surface area (TPSA) is 132 Å². The van der Waals surface area contributed by atoms with Crippen molar-refractivity contribution >= 4 is 6.16 Å². The number of methoxy groups -OCH3 is 1. The third-order valence-electron chi connectivity index (χ3n) is 5.77. The highest BCUT2D eigenvalue weighted by atomic mass is 19.1. The van der Waals surface area contributed by atoms with Gasteiger partial charge in [-0.1, -0.05) is 12.1 Å². The number of aromatic nitrogens is 2. The molecule has 2 aromatic rings. The Morgan fingerprint density at radius 1 is 1.21 bits per heavy atom. The van der Waals surface area contributed by atoms with Crippen molar-refractivity contribution in [3.63, 3.8) is 0 Å². The summed E-state index contributed by atoms with van der Waals surface area (Å²) in [5.74, 6) is -0.196. The number of aliphatic hydroxyl groups is 3. The number of halogens is 1. The van der Waals surface area contributed by atoms with Crippen molar-refractivity contribution in [1.82, 2.24) is 9.78 Å². The molecule has 3 N–H and O–H groups in total. The summed E-state index contributed by atoms with van der Waals surface area (Å²) < 4.78 is 36.5. The van der Waals surface area contributed by atoms with Gasteiger partial charge in [0.1, 0.15) is 36.8 Å². The van der Waals surface area contributed by atoms with Gasteiger partial charge in [0.25, 0.3) is 0 Å². The van der Waals surface area contributed by atoms with Gasteiger partial charge in [0.2, 0.25) is 12.2 Å². The first-order chi connectivity index (χ1) is 16.0. The molecule has 0 saturated carbocycles. The number of carbonyl (C=O) groups excluding carboxylic acids is 1. The molecule has 1 aliphatic heterocycles. The van der Waals surface area contributed by atoms with Crippen LogP contribution in [-0.4, -0.2) is 75.7 Å². The van der Waals surface area contributed by atoms with E-state index in [1.165, 1.54) is 6.07 Å². The van der Waals surface area contributed by atoms with E-state index in [1.54, 1.807) is 23.7 Å². The number of benzene rings is 1. The monoisotopic (exact) mass is 482 g/mol. The first kappa shape index (κ1) is 25.9. The zero-order valence-corrected chi connectivity index (χ0v) is 19.8. The van der Waals surface area contributed by atoms with Crippen molar-refractivity contribution in [3.05, 3.63) is 46.4 Å². The third-order valence-corrected chi connectivity index (χ3v) is 5.77. The summed E-state index contributed by atoms with van der Waals surface area (Å²) in [6.07, 6.45) is -8.09. The fourth-order valence-electron chi connectivity index (χ4n) is 3.75. The first-order valence-corrected chi connectivity index (χ1v) is 10.9. The molecule has 11 heteroatoms. The van der Waals surface area contributed by atoms with Crippen molar-refractivity contribution in [2.45, 2.75) is 70.9 Å². The van der Waals surface area contributed by atoms with E-state index in [0.717, 1.165) is 12.8 Å². The molecule has 34 heavy (non-hydrogen) atoms. The van der Waals surface area contributed by atoms with Gasteiger partial charge in [-0.15, -0.1) is 5.10 Å². The summed E-state index contributed by atoms with van der Waals surface area (Å²) in [4.78, 5) is 11.3. The molecule has 0 spiro atoms. The lowest BCUT2D eigenvalue weighted by Crippen LogP contribution is -2.60. The second-order valence-electron chi connectivity index (χ2n) is 8.57.